The quantitative estimate of drug-likeness (QED) is 0.465. The maximum atomic E-state index is 10.2. The predicted molar refractivity (Wildman–Crippen MR) is 28.3 cm³/mol. The van der Waals surface area contributed by atoms with Crippen molar-refractivity contribution >= 4 is 5.91 Å². The second-order valence-electron chi connectivity index (χ2n) is 1.98. The lowest BCUT2D eigenvalue weighted by Crippen LogP contribution is -2.48. The Morgan fingerprint density at radius 3 is 2.88 bits per heavy atom. The van der Waals surface area contributed by atoms with Crippen LogP contribution in [-0.4, -0.2) is 23.7 Å². The van der Waals surface area contributed by atoms with Crippen LogP contribution in [0.5, 0.6) is 0 Å². The van der Waals surface area contributed by atoms with Crippen molar-refractivity contribution in [1.82, 2.24) is 5.32 Å². The molecule has 1 aliphatic rings. The Labute approximate surface area is 47.7 Å². The summed E-state index contributed by atoms with van der Waals surface area (Å²) in [5, 5.41) is 11.0. The summed E-state index contributed by atoms with van der Waals surface area (Å²) in [4.78, 5) is 10.2. The van der Waals surface area contributed by atoms with Gasteiger partial charge in [0.2, 0.25) is 5.91 Å². The van der Waals surface area contributed by atoms with E-state index in [1.807, 2.05) is 0 Å². The van der Waals surface area contributed by atoms with Gasteiger partial charge in [-0.1, -0.05) is 0 Å². The number of β-lactam (4-membered cyclic amide) rings is 1. The third-order valence-corrected chi connectivity index (χ3v) is 1.27. The van der Waals surface area contributed by atoms with Crippen LogP contribution < -0.4 is 5.32 Å². The molecule has 2 N–H and O–H groups in total. The van der Waals surface area contributed by atoms with Gasteiger partial charge < -0.3 is 10.4 Å². The van der Waals surface area contributed by atoms with Crippen molar-refractivity contribution in [3.63, 3.8) is 0 Å². The van der Waals surface area contributed by atoms with Gasteiger partial charge in [-0.15, -0.1) is 0 Å². The van der Waals surface area contributed by atoms with Crippen molar-refractivity contribution in [1.29, 1.82) is 0 Å². The minimum absolute atomic E-state index is 0.100. The summed E-state index contributed by atoms with van der Waals surface area (Å²) in [6, 6.07) is 0.257. The highest BCUT2D eigenvalue weighted by Crippen LogP contribution is 2.06. The van der Waals surface area contributed by atoms with Crippen LogP contribution in [0.2, 0.25) is 0 Å². The van der Waals surface area contributed by atoms with Gasteiger partial charge in [-0.3, -0.25) is 4.79 Å². The normalized spacial score (nSPS) is 26.6. The minimum atomic E-state index is 0.100. The van der Waals surface area contributed by atoms with Crippen LogP contribution >= 0.6 is 0 Å². The largest absolute Gasteiger partial charge is 0.396 e. The zero-order valence-corrected chi connectivity index (χ0v) is 4.55. The Kier molecular flexibility index (Phi) is 1.48. The molecule has 8 heavy (non-hydrogen) atoms. The third-order valence-electron chi connectivity index (χ3n) is 1.27. The van der Waals surface area contributed by atoms with E-state index in [0.29, 0.717) is 12.8 Å². The maximum absolute atomic E-state index is 10.2. The molecule has 1 saturated heterocycles. The second-order valence-corrected chi connectivity index (χ2v) is 1.98. The molecule has 1 atom stereocenters. The highest BCUT2D eigenvalue weighted by molar-refractivity contribution is 5.82. The van der Waals surface area contributed by atoms with Gasteiger partial charge in [-0.2, -0.15) is 0 Å². The van der Waals surface area contributed by atoms with E-state index in [2.05, 4.69) is 5.32 Å². The first-order chi connectivity index (χ1) is 3.83. The Bertz CT molecular complexity index is 94.6. The zero-order valence-electron chi connectivity index (χ0n) is 4.55. The molecule has 0 spiro atoms. The van der Waals surface area contributed by atoms with E-state index in [9.17, 15) is 4.79 Å². The molecule has 46 valence electrons. The summed E-state index contributed by atoms with van der Waals surface area (Å²) in [5.74, 6) is 0.100. The molecule has 3 heteroatoms. The lowest BCUT2D eigenvalue weighted by atomic mass is 10.0. The lowest BCUT2D eigenvalue weighted by Gasteiger charge is -2.25. The SMILES string of the molecule is O=C1CC(CCO)N1. The van der Waals surface area contributed by atoms with E-state index >= 15 is 0 Å². The highest BCUT2D eigenvalue weighted by atomic mass is 16.3. The number of amides is 1. The highest BCUT2D eigenvalue weighted by Gasteiger charge is 2.23. The average molecular weight is 115 g/mol. The molecule has 1 heterocycles. The summed E-state index contributed by atoms with van der Waals surface area (Å²) in [6.07, 6.45) is 1.30. The maximum Gasteiger partial charge on any atom is 0.222 e. The van der Waals surface area contributed by atoms with Crippen LogP contribution in [0, 0.1) is 0 Å². The van der Waals surface area contributed by atoms with Gasteiger partial charge in [0, 0.05) is 19.1 Å². The summed E-state index contributed by atoms with van der Waals surface area (Å²) in [5.41, 5.74) is 0. The number of nitrogens with one attached hydrogen (secondary N) is 1. The minimum Gasteiger partial charge on any atom is -0.396 e. The fraction of sp³-hybridized carbons (Fsp3) is 0.800. The number of carbonyl (C=O) groups is 1. The number of rotatable bonds is 2. The summed E-state index contributed by atoms with van der Waals surface area (Å²) >= 11 is 0. The van der Waals surface area contributed by atoms with Crippen LogP contribution in [0.3, 0.4) is 0 Å². The van der Waals surface area contributed by atoms with Gasteiger partial charge in [0.25, 0.3) is 0 Å². The fourth-order valence-corrected chi connectivity index (χ4v) is 0.760. The van der Waals surface area contributed by atoms with E-state index in [4.69, 9.17) is 5.11 Å². The monoisotopic (exact) mass is 115 g/mol. The molecule has 1 aliphatic heterocycles. The number of hydrogen-bond donors (Lipinski definition) is 2. The third kappa shape index (κ3) is 0.980. The standard InChI is InChI=1S/C5H9NO2/c7-2-1-4-3-5(8)6-4/h4,7H,1-3H2,(H,6,8). The van der Waals surface area contributed by atoms with E-state index in [1.54, 1.807) is 0 Å². The van der Waals surface area contributed by atoms with Crippen molar-refractivity contribution in [2.75, 3.05) is 6.61 Å². The topological polar surface area (TPSA) is 49.3 Å². The first-order valence-electron chi connectivity index (χ1n) is 2.73. The van der Waals surface area contributed by atoms with Gasteiger partial charge >= 0.3 is 0 Å². The molecule has 1 amide bonds. The van der Waals surface area contributed by atoms with E-state index < -0.39 is 0 Å². The Hall–Kier alpha value is -0.570. The zero-order chi connectivity index (χ0) is 5.98. The number of hydrogen-bond acceptors (Lipinski definition) is 2. The molecular weight excluding hydrogens is 106 g/mol. The van der Waals surface area contributed by atoms with Crippen LogP contribution in [0.4, 0.5) is 0 Å². The molecule has 0 aromatic rings. The lowest BCUT2D eigenvalue weighted by molar-refractivity contribution is -0.128. The van der Waals surface area contributed by atoms with Crippen molar-refractivity contribution in [3.05, 3.63) is 0 Å². The molecule has 1 fully saturated rings. The molecule has 3 nitrogen and oxygen atoms in total. The van der Waals surface area contributed by atoms with Gasteiger partial charge in [0.15, 0.2) is 0 Å². The number of aliphatic hydroxyl groups is 1. The molecule has 0 aromatic carbocycles. The Balaban J connectivity index is 2.06. The first-order valence-corrected chi connectivity index (χ1v) is 2.73. The van der Waals surface area contributed by atoms with E-state index in [1.165, 1.54) is 0 Å². The molecule has 1 unspecified atom stereocenters. The molecule has 0 radical (unpaired) electrons. The van der Waals surface area contributed by atoms with Crippen molar-refractivity contribution in [3.8, 4) is 0 Å². The van der Waals surface area contributed by atoms with Crippen molar-refractivity contribution in [2.24, 2.45) is 0 Å². The van der Waals surface area contributed by atoms with Crippen molar-refractivity contribution in [2.45, 2.75) is 18.9 Å². The second kappa shape index (κ2) is 2.13. The van der Waals surface area contributed by atoms with E-state index in [-0.39, 0.29) is 18.6 Å². The fourth-order valence-electron chi connectivity index (χ4n) is 0.760. The molecule has 0 saturated carbocycles. The number of aliphatic hydroxyl groups excluding tert-OH is 1. The van der Waals surface area contributed by atoms with Gasteiger partial charge in [-0.05, 0) is 6.42 Å². The predicted octanol–water partition coefficient (Wildman–Crippen LogP) is -0.743. The molecular formula is C5H9NO2. The molecule has 1 rings (SSSR count). The van der Waals surface area contributed by atoms with Crippen LogP contribution in [-0.2, 0) is 4.79 Å². The van der Waals surface area contributed by atoms with Gasteiger partial charge in [0.1, 0.15) is 0 Å². The van der Waals surface area contributed by atoms with E-state index in [0.717, 1.165) is 0 Å². The van der Waals surface area contributed by atoms with Crippen LogP contribution in [0.15, 0.2) is 0 Å². The van der Waals surface area contributed by atoms with Gasteiger partial charge in [0.05, 0.1) is 0 Å². The number of carbonyl (C=O) groups excluding carboxylic acids is 1. The summed E-state index contributed by atoms with van der Waals surface area (Å²) < 4.78 is 0. The smallest absolute Gasteiger partial charge is 0.222 e. The van der Waals surface area contributed by atoms with Crippen LogP contribution in [0.25, 0.3) is 0 Å². The molecule has 0 bridgehead atoms. The van der Waals surface area contributed by atoms with Crippen LogP contribution in [0.1, 0.15) is 12.8 Å². The Morgan fingerprint density at radius 1 is 1.88 bits per heavy atom. The average Bonchev–Trinajstić information content (AvgIpc) is 1.64. The molecule has 0 aromatic heterocycles. The Morgan fingerprint density at radius 2 is 2.50 bits per heavy atom. The van der Waals surface area contributed by atoms with Crippen molar-refractivity contribution < 1.29 is 9.90 Å². The van der Waals surface area contributed by atoms with Gasteiger partial charge in [-0.25, -0.2) is 0 Å². The summed E-state index contributed by atoms with van der Waals surface area (Å²) in [7, 11) is 0. The summed E-state index contributed by atoms with van der Waals surface area (Å²) in [6.45, 7) is 0.172. The first kappa shape index (κ1) is 5.56. The molecule has 0 aliphatic carbocycles.